The molecule has 0 atom stereocenters. The number of pyridine rings is 1. The largest absolute Gasteiger partial charge is 0.369 e. The van der Waals surface area contributed by atoms with Crippen LogP contribution in [0.2, 0.25) is 0 Å². The zero-order valence-electron chi connectivity index (χ0n) is 11.2. The molecular weight excluding hydrogens is 350 g/mol. The molecule has 1 heterocycles. The Labute approximate surface area is 127 Å². The lowest BCUT2D eigenvalue weighted by Crippen LogP contribution is -2.30. The Balaban J connectivity index is 3.15. The van der Waals surface area contributed by atoms with Gasteiger partial charge in [0.1, 0.15) is 10.7 Å². The van der Waals surface area contributed by atoms with Crippen molar-refractivity contribution in [3.8, 4) is 0 Å². The average Bonchev–Trinajstić information content (AvgIpc) is 2.38. The third kappa shape index (κ3) is 4.34. The zero-order valence-corrected chi connectivity index (χ0v) is 14.4. The van der Waals surface area contributed by atoms with Crippen molar-refractivity contribution >= 4 is 43.5 Å². The third-order valence-electron chi connectivity index (χ3n) is 2.46. The molecule has 1 aromatic rings. The van der Waals surface area contributed by atoms with Crippen LogP contribution >= 0.6 is 27.7 Å². The Morgan fingerprint density at radius 2 is 2.21 bits per heavy atom. The van der Waals surface area contributed by atoms with Crippen LogP contribution in [0.3, 0.4) is 0 Å². The topological polar surface area (TPSA) is 62.3 Å². The normalized spacial score (nSPS) is 11.8. The molecule has 0 amide bonds. The van der Waals surface area contributed by atoms with Gasteiger partial charge in [-0.1, -0.05) is 0 Å². The molecule has 0 saturated carbocycles. The van der Waals surface area contributed by atoms with Crippen molar-refractivity contribution in [2.24, 2.45) is 0 Å². The van der Waals surface area contributed by atoms with Gasteiger partial charge in [-0.25, -0.2) is 13.4 Å². The number of nitrogens with zero attached hydrogens (tertiary/aromatic N) is 2. The first-order chi connectivity index (χ1) is 8.93. The maximum absolute atomic E-state index is 12.5. The number of hydrogen-bond donors (Lipinski definition) is 1. The summed E-state index contributed by atoms with van der Waals surface area (Å²) in [7, 11) is -1.94. The Morgan fingerprint density at radius 1 is 1.53 bits per heavy atom. The lowest BCUT2D eigenvalue weighted by molar-refractivity contribution is 0.488. The van der Waals surface area contributed by atoms with Gasteiger partial charge < -0.3 is 5.32 Å². The van der Waals surface area contributed by atoms with E-state index >= 15 is 0 Å². The van der Waals surface area contributed by atoms with Crippen LogP contribution in [0, 0.1) is 0 Å². The number of thioether (sulfide) groups is 1. The van der Waals surface area contributed by atoms with E-state index in [1.54, 1.807) is 31.1 Å². The van der Waals surface area contributed by atoms with Crippen molar-refractivity contribution in [1.29, 1.82) is 0 Å². The van der Waals surface area contributed by atoms with Crippen molar-refractivity contribution < 1.29 is 8.42 Å². The van der Waals surface area contributed by atoms with E-state index in [-0.39, 0.29) is 4.90 Å². The highest BCUT2D eigenvalue weighted by molar-refractivity contribution is 9.10. The van der Waals surface area contributed by atoms with Gasteiger partial charge in [0.25, 0.3) is 0 Å². The van der Waals surface area contributed by atoms with Gasteiger partial charge in [0.15, 0.2) is 0 Å². The minimum absolute atomic E-state index is 0.201. The fourth-order valence-corrected chi connectivity index (χ4v) is 3.79. The van der Waals surface area contributed by atoms with E-state index in [0.29, 0.717) is 23.4 Å². The van der Waals surface area contributed by atoms with E-state index < -0.39 is 10.0 Å². The van der Waals surface area contributed by atoms with Crippen LogP contribution in [0.1, 0.15) is 6.92 Å². The fraction of sp³-hybridized carbons (Fsp3) is 0.545. The maximum Gasteiger partial charge on any atom is 0.246 e. The molecule has 1 N–H and O–H groups in total. The lowest BCUT2D eigenvalue weighted by atomic mass is 10.4. The van der Waals surface area contributed by atoms with E-state index in [2.05, 4.69) is 26.2 Å². The summed E-state index contributed by atoms with van der Waals surface area (Å²) in [6.07, 6.45) is 3.53. The first-order valence-corrected chi connectivity index (χ1v) is 9.40. The van der Waals surface area contributed by atoms with Gasteiger partial charge in [-0.15, -0.1) is 0 Å². The lowest BCUT2D eigenvalue weighted by Gasteiger charge is -2.18. The van der Waals surface area contributed by atoms with E-state index in [0.717, 1.165) is 5.75 Å². The third-order valence-corrected chi connectivity index (χ3v) is 5.36. The summed E-state index contributed by atoms with van der Waals surface area (Å²) in [6, 6.07) is 1.58. The van der Waals surface area contributed by atoms with Gasteiger partial charge in [-0.2, -0.15) is 16.1 Å². The highest BCUT2D eigenvalue weighted by Crippen LogP contribution is 2.25. The number of halogens is 1. The first-order valence-electron chi connectivity index (χ1n) is 5.78. The molecule has 0 aromatic carbocycles. The summed E-state index contributed by atoms with van der Waals surface area (Å²) in [6.45, 7) is 2.99. The number of anilines is 1. The average molecular weight is 368 g/mol. The molecule has 5 nitrogen and oxygen atoms in total. The van der Waals surface area contributed by atoms with Gasteiger partial charge in [-0.3, -0.25) is 0 Å². The Morgan fingerprint density at radius 3 is 2.79 bits per heavy atom. The van der Waals surface area contributed by atoms with Crippen molar-refractivity contribution in [2.45, 2.75) is 11.8 Å². The van der Waals surface area contributed by atoms with Crippen LogP contribution in [0.4, 0.5) is 5.82 Å². The Kier molecular flexibility index (Phi) is 6.58. The van der Waals surface area contributed by atoms with Gasteiger partial charge in [0.2, 0.25) is 10.0 Å². The van der Waals surface area contributed by atoms with Crippen LogP contribution in [0.15, 0.2) is 21.6 Å². The Bertz CT molecular complexity index is 523. The van der Waals surface area contributed by atoms with Crippen LogP contribution in [-0.2, 0) is 10.0 Å². The molecule has 1 rings (SSSR count). The minimum Gasteiger partial charge on any atom is -0.369 e. The molecule has 0 aliphatic rings. The maximum atomic E-state index is 12.5. The van der Waals surface area contributed by atoms with Crippen molar-refractivity contribution in [3.05, 3.63) is 16.7 Å². The summed E-state index contributed by atoms with van der Waals surface area (Å²) < 4.78 is 27.0. The molecule has 0 spiro atoms. The van der Waals surface area contributed by atoms with Gasteiger partial charge in [0, 0.05) is 36.6 Å². The predicted molar refractivity (Wildman–Crippen MR) is 84.3 cm³/mol. The minimum atomic E-state index is -3.52. The second-order valence-electron chi connectivity index (χ2n) is 3.85. The second-order valence-corrected chi connectivity index (χ2v) is 7.76. The number of aromatic nitrogens is 1. The number of nitrogens with one attached hydrogen (secondary N) is 1. The van der Waals surface area contributed by atoms with Crippen LogP contribution in [0.25, 0.3) is 0 Å². The van der Waals surface area contributed by atoms with E-state index in [1.807, 2.05) is 13.2 Å². The van der Waals surface area contributed by atoms with Crippen molar-refractivity contribution in [1.82, 2.24) is 9.29 Å². The number of rotatable bonds is 7. The fourth-order valence-electron chi connectivity index (χ4n) is 1.43. The van der Waals surface area contributed by atoms with Gasteiger partial charge in [0.05, 0.1) is 0 Å². The monoisotopic (exact) mass is 367 g/mol. The molecule has 0 bridgehead atoms. The highest BCUT2D eigenvalue weighted by Gasteiger charge is 2.24. The first kappa shape index (κ1) is 16.7. The number of hydrogen-bond acceptors (Lipinski definition) is 5. The summed E-state index contributed by atoms with van der Waals surface area (Å²) >= 11 is 4.88. The van der Waals surface area contributed by atoms with Crippen LogP contribution in [-0.4, -0.2) is 49.9 Å². The van der Waals surface area contributed by atoms with Crippen molar-refractivity contribution in [2.75, 3.05) is 37.5 Å². The number of sulfonamides is 1. The molecule has 19 heavy (non-hydrogen) atoms. The summed E-state index contributed by atoms with van der Waals surface area (Å²) in [4.78, 5) is 4.33. The second kappa shape index (κ2) is 7.47. The SMILES string of the molecule is CCNc1ncc(Br)cc1S(=O)(=O)N(C)CCSC. The van der Waals surface area contributed by atoms with Crippen LogP contribution in [0.5, 0.6) is 0 Å². The summed E-state index contributed by atoms with van der Waals surface area (Å²) in [5.74, 6) is 1.15. The Hall–Kier alpha value is -0.310. The molecule has 0 fully saturated rings. The molecule has 0 radical (unpaired) electrons. The summed E-state index contributed by atoms with van der Waals surface area (Å²) in [5.41, 5.74) is 0. The van der Waals surface area contributed by atoms with Gasteiger partial charge in [-0.05, 0) is 35.2 Å². The molecule has 0 aliphatic carbocycles. The van der Waals surface area contributed by atoms with E-state index in [4.69, 9.17) is 0 Å². The summed E-state index contributed by atoms with van der Waals surface area (Å²) in [5, 5.41) is 2.98. The molecule has 0 aliphatic heterocycles. The van der Waals surface area contributed by atoms with Crippen molar-refractivity contribution in [3.63, 3.8) is 0 Å². The van der Waals surface area contributed by atoms with E-state index in [9.17, 15) is 8.42 Å². The molecule has 108 valence electrons. The smallest absolute Gasteiger partial charge is 0.246 e. The highest BCUT2D eigenvalue weighted by atomic mass is 79.9. The molecule has 8 heteroatoms. The molecule has 1 aromatic heterocycles. The molecule has 0 unspecified atom stereocenters. The molecule has 0 saturated heterocycles. The zero-order chi connectivity index (χ0) is 14.5. The quantitative estimate of drug-likeness (QED) is 0.800. The van der Waals surface area contributed by atoms with Gasteiger partial charge >= 0.3 is 0 Å². The molecular formula is C11H18BrN3O2S2. The van der Waals surface area contributed by atoms with Crippen LogP contribution < -0.4 is 5.32 Å². The predicted octanol–water partition coefficient (Wildman–Crippen LogP) is 2.26. The van der Waals surface area contributed by atoms with E-state index in [1.165, 1.54) is 4.31 Å². The standard InChI is InChI=1S/C11H18BrN3O2S2/c1-4-13-11-10(7-9(12)8-14-11)19(16,17)15(2)5-6-18-3/h7-8H,4-6H2,1-3H3,(H,13,14).